The molecule has 1 amide bonds. The second-order valence-electron chi connectivity index (χ2n) is 5.54. The average Bonchev–Trinajstić information content (AvgIpc) is 2.64. The van der Waals surface area contributed by atoms with Crippen molar-refractivity contribution < 1.29 is 9.53 Å². The number of benzene rings is 3. The van der Waals surface area contributed by atoms with Crippen molar-refractivity contribution in [2.24, 2.45) is 5.10 Å². The van der Waals surface area contributed by atoms with Gasteiger partial charge in [-0.25, -0.2) is 5.43 Å². The summed E-state index contributed by atoms with van der Waals surface area (Å²) >= 11 is 3.36. The van der Waals surface area contributed by atoms with Gasteiger partial charge in [0, 0.05) is 4.47 Å². The predicted octanol–water partition coefficient (Wildman–Crippen LogP) is 4.52. The molecule has 0 radical (unpaired) electrons. The van der Waals surface area contributed by atoms with Gasteiger partial charge in [0.05, 0.1) is 5.71 Å². The van der Waals surface area contributed by atoms with Gasteiger partial charge in [-0.1, -0.05) is 58.4 Å². The van der Waals surface area contributed by atoms with Crippen LogP contribution in [0.2, 0.25) is 0 Å². The van der Waals surface area contributed by atoms with E-state index < -0.39 is 0 Å². The lowest BCUT2D eigenvalue weighted by Crippen LogP contribution is -2.25. The van der Waals surface area contributed by atoms with Crippen molar-refractivity contribution in [3.8, 4) is 5.75 Å². The maximum atomic E-state index is 11.9. The highest BCUT2D eigenvalue weighted by molar-refractivity contribution is 9.10. The zero-order valence-corrected chi connectivity index (χ0v) is 15.3. The molecule has 1 N–H and O–H groups in total. The van der Waals surface area contributed by atoms with Crippen molar-refractivity contribution in [3.63, 3.8) is 0 Å². The summed E-state index contributed by atoms with van der Waals surface area (Å²) in [6, 6.07) is 21.5. The largest absolute Gasteiger partial charge is 0.484 e. The second kappa shape index (κ2) is 7.94. The Balaban J connectivity index is 1.60. The number of carbonyl (C=O) groups excluding carboxylic acids is 1. The van der Waals surface area contributed by atoms with E-state index in [1.807, 2.05) is 43.3 Å². The number of hydrogen-bond donors (Lipinski definition) is 1. The van der Waals surface area contributed by atoms with Crippen molar-refractivity contribution in [2.45, 2.75) is 6.92 Å². The van der Waals surface area contributed by atoms with Crippen LogP contribution in [0.3, 0.4) is 0 Å². The van der Waals surface area contributed by atoms with E-state index in [0.717, 1.165) is 21.1 Å². The average molecular weight is 397 g/mol. The molecule has 0 aliphatic heterocycles. The number of carbonyl (C=O) groups is 1. The first-order valence-corrected chi connectivity index (χ1v) is 8.62. The molecule has 3 aromatic rings. The topological polar surface area (TPSA) is 50.7 Å². The lowest BCUT2D eigenvalue weighted by atomic mass is 10.0. The minimum Gasteiger partial charge on any atom is -0.484 e. The van der Waals surface area contributed by atoms with Gasteiger partial charge in [0.1, 0.15) is 5.75 Å². The molecule has 0 atom stereocenters. The predicted molar refractivity (Wildman–Crippen MR) is 104 cm³/mol. The quantitative estimate of drug-likeness (QED) is 0.508. The lowest BCUT2D eigenvalue weighted by Gasteiger charge is -2.07. The molecule has 0 aromatic heterocycles. The highest BCUT2D eigenvalue weighted by atomic mass is 79.9. The van der Waals surface area contributed by atoms with Crippen LogP contribution in [-0.4, -0.2) is 18.2 Å². The van der Waals surface area contributed by atoms with E-state index in [0.29, 0.717) is 5.75 Å². The molecule has 126 valence electrons. The highest BCUT2D eigenvalue weighted by Crippen LogP contribution is 2.18. The van der Waals surface area contributed by atoms with Gasteiger partial charge >= 0.3 is 0 Å². The Labute approximate surface area is 154 Å². The van der Waals surface area contributed by atoms with Gasteiger partial charge in [-0.2, -0.15) is 5.10 Å². The minimum atomic E-state index is -0.305. The summed E-state index contributed by atoms with van der Waals surface area (Å²) in [6.45, 7) is 1.77. The monoisotopic (exact) mass is 396 g/mol. The smallest absolute Gasteiger partial charge is 0.277 e. The summed E-state index contributed by atoms with van der Waals surface area (Å²) in [5.74, 6) is 0.319. The molecule has 0 fully saturated rings. The van der Waals surface area contributed by atoms with Crippen LogP contribution in [0.25, 0.3) is 10.8 Å². The van der Waals surface area contributed by atoms with Gasteiger partial charge in [-0.15, -0.1) is 0 Å². The maximum absolute atomic E-state index is 11.9. The van der Waals surface area contributed by atoms with Gasteiger partial charge in [0.25, 0.3) is 5.91 Å². The summed E-state index contributed by atoms with van der Waals surface area (Å²) in [7, 11) is 0. The molecule has 0 heterocycles. The summed E-state index contributed by atoms with van der Waals surface area (Å²) < 4.78 is 6.33. The van der Waals surface area contributed by atoms with Crippen molar-refractivity contribution in [3.05, 3.63) is 76.8 Å². The van der Waals surface area contributed by atoms with Crippen molar-refractivity contribution in [1.29, 1.82) is 0 Å². The van der Waals surface area contributed by atoms with Crippen LogP contribution in [0, 0.1) is 0 Å². The Bertz CT molecular complexity index is 938. The van der Waals surface area contributed by atoms with Crippen LogP contribution in [-0.2, 0) is 4.79 Å². The number of halogens is 1. The van der Waals surface area contributed by atoms with E-state index in [1.165, 1.54) is 5.39 Å². The third-order valence-corrected chi connectivity index (χ3v) is 4.17. The normalized spacial score (nSPS) is 11.4. The van der Waals surface area contributed by atoms with Gasteiger partial charge in [-0.05, 0) is 47.5 Å². The van der Waals surface area contributed by atoms with Gasteiger partial charge in [-0.3, -0.25) is 4.79 Å². The molecule has 0 aliphatic carbocycles. The van der Waals surface area contributed by atoms with Crippen molar-refractivity contribution in [2.75, 3.05) is 6.61 Å². The number of amides is 1. The number of nitrogens with zero attached hydrogens (tertiary/aromatic N) is 1. The molecule has 4 nitrogen and oxygen atoms in total. The number of ether oxygens (including phenoxy) is 1. The molecule has 0 saturated heterocycles. The van der Waals surface area contributed by atoms with E-state index in [9.17, 15) is 4.79 Å². The van der Waals surface area contributed by atoms with E-state index in [4.69, 9.17) is 4.74 Å². The van der Waals surface area contributed by atoms with Crippen LogP contribution < -0.4 is 10.2 Å². The zero-order valence-electron chi connectivity index (χ0n) is 13.7. The van der Waals surface area contributed by atoms with Gasteiger partial charge < -0.3 is 4.74 Å². The Morgan fingerprint density at radius 1 is 1.04 bits per heavy atom. The maximum Gasteiger partial charge on any atom is 0.277 e. The molecule has 0 spiro atoms. The first-order chi connectivity index (χ1) is 12.1. The van der Waals surface area contributed by atoms with E-state index in [-0.39, 0.29) is 12.5 Å². The number of nitrogens with one attached hydrogen (secondary N) is 1. The first kappa shape index (κ1) is 17.2. The van der Waals surface area contributed by atoms with Gasteiger partial charge in [0.2, 0.25) is 0 Å². The van der Waals surface area contributed by atoms with Gasteiger partial charge in [0.15, 0.2) is 6.61 Å². The summed E-state index contributed by atoms with van der Waals surface area (Å²) in [4.78, 5) is 11.9. The summed E-state index contributed by atoms with van der Waals surface area (Å²) in [5, 5.41) is 6.47. The molecule has 3 aromatic carbocycles. The van der Waals surface area contributed by atoms with Crippen molar-refractivity contribution >= 4 is 38.3 Å². The Kier molecular flexibility index (Phi) is 5.46. The Hall–Kier alpha value is -2.66. The summed E-state index contributed by atoms with van der Waals surface area (Å²) in [6.07, 6.45) is 0. The molecule has 0 bridgehead atoms. The molecule has 25 heavy (non-hydrogen) atoms. The lowest BCUT2D eigenvalue weighted by molar-refractivity contribution is -0.123. The minimum absolute atomic E-state index is 0.0923. The fraction of sp³-hybridized carbons (Fsp3) is 0.100. The first-order valence-electron chi connectivity index (χ1n) is 7.82. The third kappa shape index (κ3) is 4.67. The molecule has 0 unspecified atom stereocenters. The number of rotatable bonds is 5. The van der Waals surface area contributed by atoms with Crippen LogP contribution in [0.15, 0.2) is 76.3 Å². The van der Waals surface area contributed by atoms with E-state index >= 15 is 0 Å². The van der Waals surface area contributed by atoms with Crippen LogP contribution in [0.4, 0.5) is 0 Å². The molecular weight excluding hydrogens is 380 g/mol. The van der Waals surface area contributed by atoms with Crippen LogP contribution >= 0.6 is 15.9 Å². The Morgan fingerprint density at radius 3 is 2.64 bits per heavy atom. The van der Waals surface area contributed by atoms with Crippen LogP contribution in [0.5, 0.6) is 5.75 Å². The molecule has 5 heteroatoms. The SMILES string of the molecule is C/C(=N\NC(=O)COc1cccc(Br)c1)c1ccc2ccccc2c1. The molecule has 0 saturated carbocycles. The molecular formula is C20H17BrN2O2. The fourth-order valence-corrected chi connectivity index (χ4v) is 2.74. The molecule has 3 rings (SSSR count). The second-order valence-corrected chi connectivity index (χ2v) is 6.46. The summed E-state index contributed by atoms with van der Waals surface area (Å²) in [5.41, 5.74) is 4.23. The molecule has 0 aliphatic rings. The third-order valence-electron chi connectivity index (χ3n) is 3.68. The zero-order chi connectivity index (χ0) is 17.6. The van der Waals surface area contributed by atoms with Crippen LogP contribution in [0.1, 0.15) is 12.5 Å². The number of fused-ring (bicyclic) bond motifs is 1. The van der Waals surface area contributed by atoms with E-state index in [1.54, 1.807) is 12.1 Å². The number of hydrogen-bond acceptors (Lipinski definition) is 3. The number of hydrazone groups is 1. The van der Waals surface area contributed by atoms with E-state index in [2.05, 4.69) is 44.7 Å². The Morgan fingerprint density at radius 2 is 1.84 bits per heavy atom. The highest BCUT2D eigenvalue weighted by Gasteiger charge is 2.04. The standard InChI is InChI=1S/C20H17BrN2O2/c1-14(16-10-9-15-5-2-3-6-17(15)11-16)22-23-20(24)13-25-19-8-4-7-18(21)12-19/h2-12H,13H2,1H3,(H,23,24)/b22-14+. The fourth-order valence-electron chi connectivity index (χ4n) is 2.36. The van der Waals surface area contributed by atoms with Crippen molar-refractivity contribution in [1.82, 2.24) is 5.43 Å².